The topological polar surface area (TPSA) is 72.4 Å². The van der Waals surface area contributed by atoms with Crippen LogP contribution < -0.4 is 10.6 Å². The Hall–Kier alpha value is -2.95. The maximum atomic E-state index is 9.53. The van der Waals surface area contributed by atoms with Crippen molar-refractivity contribution in [1.82, 2.24) is 15.6 Å². The Morgan fingerprint density at radius 2 is 1.96 bits per heavy atom. The quantitative estimate of drug-likeness (QED) is 0.390. The van der Waals surface area contributed by atoms with Crippen LogP contribution in [-0.4, -0.2) is 35.7 Å². The number of guanidine groups is 1. The number of H-pyrrole nitrogens is 1. The Balaban J connectivity index is 1.53. The second kappa shape index (κ2) is 8.94. The number of aliphatic imine (C=N–C) groups is 1. The number of rotatable bonds is 7. The van der Waals surface area contributed by atoms with Gasteiger partial charge in [-0.05, 0) is 49.1 Å². The van der Waals surface area contributed by atoms with Crippen LogP contribution in [0.2, 0.25) is 0 Å². The Morgan fingerprint density at radius 3 is 2.81 bits per heavy atom. The average molecular weight is 350 g/mol. The lowest BCUT2D eigenvalue weighted by atomic mass is 10.1. The van der Waals surface area contributed by atoms with Crippen LogP contribution in [0.3, 0.4) is 0 Å². The van der Waals surface area contributed by atoms with Crippen molar-refractivity contribution in [2.45, 2.75) is 19.8 Å². The minimum Gasteiger partial charge on any atom is -0.508 e. The summed E-state index contributed by atoms with van der Waals surface area (Å²) in [5.41, 5.74) is 3.56. The van der Waals surface area contributed by atoms with Crippen molar-refractivity contribution in [1.29, 1.82) is 0 Å². The molecule has 3 rings (SSSR count). The molecule has 3 aromatic rings. The molecule has 0 fully saturated rings. The van der Waals surface area contributed by atoms with Crippen LogP contribution in [0.15, 0.2) is 59.7 Å². The number of fused-ring (bicyclic) bond motifs is 1. The fourth-order valence-corrected chi connectivity index (χ4v) is 3.01. The van der Waals surface area contributed by atoms with Gasteiger partial charge in [-0.3, -0.25) is 4.99 Å². The van der Waals surface area contributed by atoms with Crippen molar-refractivity contribution in [3.8, 4) is 5.75 Å². The molecule has 2 aromatic carbocycles. The third kappa shape index (κ3) is 4.79. The number of aromatic nitrogens is 1. The van der Waals surface area contributed by atoms with Crippen molar-refractivity contribution in [3.63, 3.8) is 0 Å². The predicted molar refractivity (Wildman–Crippen MR) is 108 cm³/mol. The fourth-order valence-electron chi connectivity index (χ4n) is 3.01. The van der Waals surface area contributed by atoms with Crippen LogP contribution in [0.5, 0.6) is 5.75 Å². The number of hydrogen-bond acceptors (Lipinski definition) is 2. The molecule has 0 unspecified atom stereocenters. The molecule has 4 N–H and O–H groups in total. The lowest BCUT2D eigenvalue weighted by Gasteiger charge is -2.11. The highest BCUT2D eigenvalue weighted by Crippen LogP contribution is 2.18. The maximum Gasteiger partial charge on any atom is 0.191 e. The van der Waals surface area contributed by atoms with Crippen LogP contribution in [0, 0.1) is 0 Å². The molecule has 0 aliphatic rings. The molecule has 0 aliphatic heterocycles. The second-order valence-electron chi connectivity index (χ2n) is 6.22. The molecule has 26 heavy (non-hydrogen) atoms. The zero-order valence-corrected chi connectivity index (χ0v) is 15.1. The van der Waals surface area contributed by atoms with Gasteiger partial charge in [-0.1, -0.05) is 30.3 Å². The van der Waals surface area contributed by atoms with E-state index in [2.05, 4.69) is 51.9 Å². The van der Waals surface area contributed by atoms with E-state index in [1.807, 2.05) is 18.2 Å². The van der Waals surface area contributed by atoms with Crippen molar-refractivity contribution in [2.24, 2.45) is 4.99 Å². The molecular formula is C21H26N4O. The smallest absolute Gasteiger partial charge is 0.191 e. The first-order valence-electron chi connectivity index (χ1n) is 9.11. The van der Waals surface area contributed by atoms with Crippen molar-refractivity contribution < 1.29 is 5.11 Å². The van der Waals surface area contributed by atoms with Crippen LogP contribution in [0.4, 0.5) is 0 Å². The molecule has 0 saturated carbocycles. The molecule has 0 aliphatic carbocycles. The normalized spacial score (nSPS) is 11.7. The number of aromatic amines is 1. The highest BCUT2D eigenvalue weighted by molar-refractivity contribution is 5.83. The molecule has 0 radical (unpaired) electrons. The number of benzene rings is 2. The SMILES string of the molecule is CCNC(=NCCc1c[nH]c2ccccc12)NCCc1cccc(O)c1. The van der Waals surface area contributed by atoms with Gasteiger partial charge in [0.2, 0.25) is 0 Å². The minimum absolute atomic E-state index is 0.307. The molecule has 136 valence electrons. The Kier molecular flexibility index (Phi) is 6.14. The number of phenolic OH excluding ortho intramolecular Hbond substituents is 1. The van der Waals surface area contributed by atoms with E-state index in [1.54, 1.807) is 12.1 Å². The molecule has 5 heteroatoms. The van der Waals surface area contributed by atoms with Gasteiger partial charge in [0, 0.05) is 36.7 Å². The Labute approximate surface area is 154 Å². The number of para-hydroxylation sites is 1. The molecule has 0 spiro atoms. The highest BCUT2D eigenvalue weighted by Gasteiger charge is 2.03. The molecule has 0 atom stereocenters. The number of aromatic hydroxyl groups is 1. The summed E-state index contributed by atoms with van der Waals surface area (Å²) in [6.07, 6.45) is 3.80. The highest BCUT2D eigenvalue weighted by atomic mass is 16.3. The monoisotopic (exact) mass is 350 g/mol. The number of hydrogen-bond donors (Lipinski definition) is 4. The van der Waals surface area contributed by atoms with E-state index >= 15 is 0 Å². The first-order chi connectivity index (χ1) is 12.8. The summed E-state index contributed by atoms with van der Waals surface area (Å²) in [7, 11) is 0. The molecular weight excluding hydrogens is 324 g/mol. The molecule has 5 nitrogen and oxygen atoms in total. The summed E-state index contributed by atoms with van der Waals surface area (Å²) in [4.78, 5) is 7.98. The molecule has 1 aromatic heterocycles. The van der Waals surface area contributed by atoms with Gasteiger partial charge in [0.25, 0.3) is 0 Å². The molecule has 0 amide bonds. The Morgan fingerprint density at radius 1 is 1.08 bits per heavy atom. The summed E-state index contributed by atoms with van der Waals surface area (Å²) in [6.45, 7) is 4.38. The summed E-state index contributed by atoms with van der Waals surface area (Å²) in [5.74, 6) is 1.13. The van der Waals surface area contributed by atoms with E-state index in [0.717, 1.165) is 44.0 Å². The van der Waals surface area contributed by atoms with Crippen molar-refractivity contribution in [2.75, 3.05) is 19.6 Å². The van der Waals surface area contributed by atoms with E-state index in [4.69, 9.17) is 0 Å². The van der Waals surface area contributed by atoms with E-state index in [9.17, 15) is 5.11 Å². The minimum atomic E-state index is 0.307. The van der Waals surface area contributed by atoms with Gasteiger partial charge in [0.15, 0.2) is 5.96 Å². The van der Waals surface area contributed by atoms with Crippen molar-refractivity contribution >= 4 is 16.9 Å². The van der Waals surface area contributed by atoms with Crippen LogP contribution in [0.25, 0.3) is 10.9 Å². The van der Waals surface area contributed by atoms with Gasteiger partial charge in [-0.15, -0.1) is 0 Å². The lowest BCUT2D eigenvalue weighted by Crippen LogP contribution is -2.38. The van der Waals surface area contributed by atoms with E-state index < -0.39 is 0 Å². The van der Waals surface area contributed by atoms with Gasteiger partial charge < -0.3 is 20.7 Å². The lowest BCUT2D eigenvalue weighted by molar-refractivity contribution is 0.474. The number of phenols is 1. The maximum absolute atomic E-state index is 9.53. The van der Waals surface area contributed by atoms with Crippen LogP contribution in [-0.2, 0) is 12.8 Å². The number of nitrogens with zero attached hydrogens (tertiary/aromatic N) is 1. The first-order valence-corrected chi connectivity index (χ1v) is 9.11. The van der Waals surface area contributed by atoms with E-state index in [0.29, 0.717) is 5.75 Å². The molecule has 0 saturated heterocycles. The summed E-state index contributed by atoms with van der Waals surface area (Å²) in [6, 6.07) is 15.7. The average Bonchev–Trinajstić information content (AvgIpc) is 3.05. The van der Waals surface area contributed by atoms with Gasteiger partial charge in [-0.2, -0.15) is 0 Å². The first kappa shape index (κ1) is 17.9. The molecule has 0 bridgehead atoms. The fraction of sp³-hybridized carbons (Fsp3) is 0.286. The summed E-state index contributed by atoms with van der Waals surface area (Å²) >= 11 is 0. The molecule has 1 heterocycles. The third-order valence-electron chi connectivity index (χ3n) is 4.29. The van der Waals surface area contributed by atoms with Crippen LogP contribution >= 0.6 is 0 Å². The van der Waals surface area contributed by atoms with E-state index in [1.165, 1.54) is 16.5 Å². The summed E-state index contributed by atoms with van der Waals surface area (Å²) in [5, 5.41) is 17.4. The zero-order chi connectivity index (χ0) is 18.2. The largest absolute Gasteiger partial charge is 0.508 e. The predicted octanol–water partition coefficient (Wildman–Crippen LogP) is 3.21. The van der Waals surface area contributed by atoms with Gasteiger partial charge in [0.1, 0.15) is 5.75 Å². The van der Waals surface area contributed by atoms with Crippen molar-refractivity contribution in [3.05, 3.63) is 65.9 Å². The summed E-state index contributed by atoms with van der Waals surface area (Å²) < 4.78 is 0. The van der Waals surface area contributed by atoms with Crippen LogP contribution in [0.1, 0.15) is 18.1 Å². The van der Waals surface area contributed by atoms with Gasteiger partial charge in [0.05, 0.1) is 0 Å². The Bertz CT molecular complexity index is 869. The van der Waals surface area contributed by atoms with E-state index in [-0.39, 0.29) is 0 Å². The second-order valence-corrected chi connectivity index (χ2v) is 6.22. The standard InChI is InChI=1S/C21H26N4O/c1-2-22-21(23-12-10-16-6-5-7-18(26)14-16)24-13-11-17-15-25-20-9-4-3-8-19(17)20/h3-9,14-15,25-26H,2,10-13H2,1H3,(H2,22,23,24). The number of nitrogens with one attached hydrogen (secondary N) is 3. The third-order valence-corrected chi connectivity index (χ3v) is 4.29. The van der Waals surface area contributed by atoms with Gasteiger partial charge in [-0.25, -0.2) is 0 Å². The van der Waals surface area contributed by atoms with Gasteiger partial charge >= 0.3 is 0 Å². The zero-order valence-electron chi connectivity index (χ0n) is 15.1.